The number of nitrogens with zero attached hydrogens (tertiary/aromatic N) is 1. The Morgan fingerprint density at radius 2 is 2.08 bits per heavy atom. The van der Waals surface area contributed by atoms with E-state index >= 15 is 0 Å². The highest BCUT2D eigenvalue weighted by Crippen LogP contribution is 2.34. The van der Waals surface area contributed by atoms with E-state index < -0.39 is 12.1 Å². The average Bonchev–Trinajstić information content (AvgIpc) is 2.83. The lowest BCUT2D eigenvalue weighted by Gasteiger charge is -2.14. The zero-order valence-corrected chi connectivity index (χ0v) is 15.0. The quantitative estimate of drug-likeness (QED) is 0.742. The molecule has 0 spiro atoms. The van der Waals surface area contributed by atoms with Gasteiger partial charge in [-0.25, -0.2) is 4.79 Å². The smallest absolute Gasteiger partial charge is 0.344 e. The minimum atomic E-state index is -1.09. The first kappa shape index (κ1) is 18.9. The van der Waals surface area contributed by atoms with Crippen LogP contribution in [0, 0.1) is 0 Å². The average molecular weight is 365 g/mol. The SMILES string of the molecule is CCCN1C(=O)S/C(=C/c2ccc(OC(C)C(=O)O)c(OC)c2)C1=O. The van der Waals surface area contributed by atoms with Crippen molar-refractivity contribution in [3.8, 4) is 11.5 Å². The van der Waals surface area contributed by atoms with Crippen LogP contribution in [0.3, 0.4) is 0 Å². The largest absolute Gasteiger partial charge is 0.493 e. The van der Waals surface area contributed by atoms with Gasteiger partial charge in [0.1, 0.15) is 0 Å². The first-order valence-corrected chi connectivity index (χ1v) is 8.51. The Morgan fingerprint density at radius 1 is 1.36 bits per heavy atom. The summed E-state index contributed by atoms with van der Waals surface area (Å²) >= 11 is 0.898. The number of amides is 2. The van der Waals surface area contributed by atoms with Gasteiger partial charge in [-0.2, -0.15) is 0 Å². The Morgan fingerprint density at radius 3 is 2.68 bits per heavy atom. The number of thioether (sulfide) groups is 1. The minimum Gasteiger partial charge on any atom is -0.493 e. The van der Waals surface area contributed by atoms with Crippen molar-refractivity contribution in [2.45, 2.75) is 26.4 Å². The molecule has 0 aliphatic carbocycles. The third kappa shape index (κ3) is 4.33. The van der Waals surface area contributed by atoms with Crippen LogP contribution in [0.15, 0.2) is 23.1 Å². The second-order valence-corrected chi connectivity index (χ2v) is 6.34. The van der Waals surface area contributed by atoms with Crippen molar-refractivity contribution in [3.05, 3.63) is 28.7 Å². The third-order valence-electron chi connectivity index (χ3n) is 3.46. The molecule has 25 heavy (non-hydrogen) atoms. The van der Waals surface area contributed by atoms with E-state index in [9.17, 15) is 14.4 Å². The van der Waals surface area contributed by atoms with E-state index in [4.69, 9.17) is 14.6 Å². The van der Waals surface area contributed by atoms with E-state index in [0.29, 0.717) is 29.2 Å². The zero-order valence-electron chi connectivity index (χ0n) is 14.1. The third-order valence-corrected chi connectivity index (χ3v) is 4.37. The molecule has 1 aromatic carbocycles. The minimum absolute atomic E-state index is 0.277. The maximum absolute atomic E-state index is 12.2. The van der Waals surface area contributed by atoms with Crippen LogP contribution in [-0.4, -0.2) is 46.9 Å². The molecule has 0 bridgehead atoms. The predicted molar refractivity (Wildman–Crippen MR) is 93.7 cm³/mol. The van der Waals surface area contributed by atoms with Crippen LogP contribution in [0.25, 0.3) is 6.08 Å². The van der Waals surface area contributed by atoms with Crippen molar-refractivity contribution in [3.63, 3.8) is 0 Å². The number of rotatable bonds is 7. The lowest BCUT2D eigenvalue weighted by molar-refractivity contribution is -0.144. The molecule has 2 rings (SSSR count). The first-order chi connectivity index (χ1) is 11.9. The number of methoxy groups -OCH3 is 1. The molecule has 1 unspecified atom stereocenters. The topological polar surface area (TPSA) is 93.1 Å². The molecule has 0 radical (unpaired) electrons. The number of carboxylic acids is 1. The summed E-state index contributed by atoms with van der Waals surface area (Å²) < 4.78 is 10.6. The number of carbonyl (C=O) groups excluding carboxylic acids is 2. The number of benzene rings is 1. The zero-order chi connectivity index (χ0) is 18.6. The Labute approximate surface area is 149 Å². The van der Waals surface area contributed by atoms with Gasteiger partial charge in [-0.3, -0.25) is 14.5 Å². The van der Waals surface area contributed by atoms with E-state index in [1.807, 2.05) is 6.92 Å². The van der Waals surface area contributed by atoms with Crippen LogP contribution in [0.1, 0.15) is 25.8 Å². The van der Waals surface area contributed by atoms with Crippen LogP contribution in [0.5, 0.6) is 11.5 Å². The number of hydrogen-bond donors (Lipinski definition) is 1. The van der Waals surface area contributed by atoms with Gasteiger partial charge in [0, 0.05) is 6.54 Å². The summed E-state index contributed by atoms with van der Waals surface area (Å²) in [4.78, 5) is 36.6. The second-order valence-electron chi connectivity index (χ2n) is 5.34. The maximum atomic E-state index is 12.2. The van der Waals surface area contributed by atoms with Crippen molar-refractivity contribution >= 4 is 35.0 Å². The number of ether oxygens (including phenoxy) is 2. The van der Waals surface area contributed by atoms with Gasteiger partial charge in [-0.1, -0.05) is 13.0 Å². The first-order valence-electron chi connectivity index (χ1n) is 7.70. The van der Waals surface area contributed by atoms with Crippen LogP contribution in [0.2, 0.25) is 0 Å². The molecule has 1 fully saturated rings. The molecule has 8 heteroatoms. The van der Waals surface area contributed by atoms with Crippen molar-refractivity contribution in [1.82, 2.24) is 4.90 Å². The summed E-state index contributed by atoms with van der Waals surface area (Å²) in [5.74, 6) is -0.769. The molecule has 0 aromatic heterocycles. The van der Waals surface area contributed by atoms with Gasteiger partial charge in [-0.15, -0.1) is 0 Å². The van der Waals surface area contributed by atoms with Gasteiger partial charge in [0.05, 0.1) is 12.0 Å². The predicted octanol–water partition coefficient (Wildman–Crippen LogP) is 2.99. The fourth-order valence-electron chi connectivity index (χ4n) is 2.18. The van der Waals surface area contributed by atoms with Crippen LogP contribution in [0.4, 0.5) is 4.79 Å². The number of carbonyl (C=O) groups is 3. The molecule has 2 amide bonds. The molecule has 7 nitrogen and oxygen atoms in total. The van der Waals surface area contributed by atoms with Gasteiger partial charge in [0.25, 0.3) is 11.1 Å². The summed E-state index contributed by atoms with van der Waals surface area (Å²) in [5, 5.41) is 8.64. The van der Waals surface area contributed by atoms with Crippen LogP contribution >= 0.6 is 11.8 Å². The molecule has 1 heterocycles. The van der Waals surface area contributed by atoms with E-state index in [2.05, 4.69) is 0 Å². The Balaban J connectivity index is 2.25. The molecule has 1 aliphatic rings. The maximum Gasteiger partial charge on any atom is 0.344 e. The van der Waals surface area contributed by atoms with Crippen molar-refractivity contribution < 1.29 is 29.0 Å². The van der Waals surface area contributed by atoms with Gasteiger partial charge in [0.2, 0.25) is 0 Å². The molecular weight excluding hydrogens is 346 g/mol. The van der Waals surface area contributed by atoms with E-state index in [-0.39, 0.29) is 16.9 Å². The summed E-state index contributed by atoms with van der Waals surface area (Å²) in [6, 6.07) is 4.86. The Hall–Kier alpha value is -2.48. The highest BCUT2D eigenvalue weighted by atomic mass is 32.2. The molecule has 1 atom stereocenters. The number of carboxylic acid groups (broad SMARTS) is 1. The number of hydrogen-bond acceptors (Lipinski definition) is 6. The van der Waals surface area contributed by atoms with Gasteiger partial charge >= 0.3 is 5.97 Å². The molecular formula is C17H19NO6S. The lowest BCUT2D eigenvalue weighted by atomic mass is 10.1. The molecule has 0 saturated carbocycles. The lowest BCUT2D eigenvalue weighted by Crippen LogP contribution is -2.28. The van der Waals surface area contributed by atoms with Crippen molar-refractivity contribution in [1.29, 1.82) is 0 Å². The van der Waals surface area contributed by atoms with Crippen LogP contribution < -0.4 is 9.47 Å². The number of aliphatic carboxylic acids is 1. The van der Waals surface area contributed by atoms with E-state index in [0.717, 1.165) is 11.8 Å². The Bertz CT molecular complexity index is 730. The molecule has 1 N–H and O–H groups in total. The van der Waals surface area contributed by atoms with Crippen LogP contribution in [-0.2, 0) is 9.59 Å². The number of imide groups is 1. The van der Waals surface area contributed by atoms with E-state index in [1.54, 1.807) is 24.3 Å². The summed E-state index contributed by atoms with van der Waals surface area (Å²) in [7, 11) is 1.44. The monoisotopic (exact) mass is 365 g/mol. The molecule has 134 valence electrons. The summed E-state index contributed by atoms with van der Waals surface area (Å²) in [5.41, 5.74) is 0.647. The van der Waals surface area contributed by atoms with E-state index in [1.165, 1.54) is 18.9 Å². The standard InChI is InChI=1S/C17H19NO6S/c1-4-7-18-15(19)14(25-17(18)22)9-11-5-6-12(13(8-11)23-3)24-10(2)16(20)21/h5-6,8-10H,4,7H2,1-3H3,(H,20,21)/b14-9+. The Kier molecular flexibility index (Phi) is 6.08. The second kappa shape index (κ2) is 8.06. The molecule has 1 aromatic rings. The van der Waals surface area contributed by atoms with Crippen molar-refractivity contribution in [2.75, 3.05) is 13.7 Å². The highest BCUT2D eigenvalue weighted by Gasteiger charge is 2.34. The van der Waals surface area contributed by atoms with Crippen molar-refractivity contribution in [2.24, 2.45) is 0 Å². The summed E-state index contributed by atoms with van der Waals surface area (Å²) in [6.45, 7) is 3.71. The fourth-order valence-corrected chi connectivity index (χ4v) is 3.04. The van der Waals surface area contributed by atoms with Gasteiger partial charge < -0.3 is 14.6 Å². The normalized spacial score (nSPS) is 17.1. The summed E-state index contributed by atoms with van der Waals surface area (Å²) in [6.07, 6.45) is 1.28. The molecule has 1 saturated heterocycles. The van der Waals surface area contributed by atoms with Gasteiger partial charge in [-0.05, 0) is 48.9 Å². The van der Waals surface area contributed by atoms with Gasteiger partial charge in [0.15, 0.2) is 17.6 Å². The molecule has 1 aliphatic heterocycles. The fraction of sp³-hybridized carbons (Fsp3) is 0.353. The highest BCUT2D eigenvalue weighted by molar-refractivity contribution is 8.18.